The molecule has 1 N–H and O–H groups in total. The maximum atomic E-state index is 12.0. The number of hydrogen-bond acceptors (Lipinski definition) is 3. The van der Waals surface area contributed by atoms with Gasteiger partial charge in [0.25, 0.3) is 0 Å². The average molecular weight is 239 g/mol. The molecule has 1 amide bonds. The molecule has 0 saturated carbocycles. The average Bonchev–Trinajstić information content (AvgIpc) is 2.28. The Labute approximate surface area is 107 Å². The van der Waals surface area contributed by atoms with Crippen LogP contribution in [-0.4, -0.2) is 23.7 Å². The van der Waals surface area contributed by atoms with Gasteiger partial charge in [0.15, 0.2) is 0 Å². The first-order valence-corrected chi connectivity index (χ1v) is 5.69. The molecule has 1 aromatic carbocycles. The molecule has 0 aliphatic carbocycles. The number of rotatable bonds is 1. The molecule has 0 spiro atoms. The molecule has 1 aromatic heterocycles. The molecule has 5 heteroatoms. The number of amides is 1. The maximum absolute atomic E-state index is 12.0. The molecule has 2 rings (SSSR count). The molecule has 0 aliphatic rings. The standard InChI is InChI=1S/C13H14BN3O/c1-13(2,3)12(18)17-11-9-6-8(14)4-5-10(9)15-7-16-11/h4-7H,1-3H3,(H,15,16,17,18). The summed E-state index contributed by atoms with van der Waals surface area (Å²) in [6, 6.07) is 5.33. The molecule has 0 atom stereocenters. The van der Waals surface area contributed by atoms with Gasteiger partial charge in [-0.3, -0.25) is 4.79 Å². The van der Waals surface area contributed by atoms with Gasteiger partial charge in [0.05, 0.1) is 5.52 Å². The van der Waals surface area contributed by atoms with Crippen LogP contribution in [0.3, 0.4) is 0 Å². The Bertz CT molecular complexity index is 605. The number of nitrogens with zero attached hydrogens (tertiary/aromatic N) is 2. The number of aromatic nitrogens is 2. The molecule has 0 unspecified atom stereocenters. The van der Waals surface area contributed by atoms with Gasteiger partial charge in [-0.2, -0.15) is 0 Å². The van der Waals surface area contributed by atoms with Crippen LogP contribution < -0.4 is 10.8 Å². The third-order valence-electron chi connectivity index (χ3n) is 2.57. The minimum Gasteiger partial charge on any atom is -0.310 e. The van der Waals surface area contributed by atoms with Gasteiger partial charge in [-0.05, 0) is 6.07 Å². The maximum Gasteiger partial charge on any atom is 0.230 e. The van der Waals surface area contributed by atoms with Crippen molar-refractivity contribution in [2.75, 3.05) is 5.32 Å². The largest absolute Gasteiger partial charge is 0.310 e. The van der Waals surface area contributed by atoms with Crippen molar-refractivity contribution in [3.05, 3.63) is 24.5 Å². The fourth-order valence-corrected chi connectivity index (χ4v) is 1.47. The number of carbonyl (C=O) groups is 1. The van der Waals surface area contributed by atoms with E-state index in [0.717, 1.165) is 10.9 Å². The molecule has 0 aliphatic heterocycles. The van der Waals surface area contributed by atoms with Gasteiger partial charge in [0.1, 0.15) is 20.0 Å². The van der Waals surface area contributed by atoms with Crippen molar-refractivity contribution in [2.24, 2.45) is 5.41 Å². The molecule has 4 nitrogen and oxygen atoms in total. The van der Waals surface area contributed by atoms with E-state index in [-0.39, 0.29) is 5.91 Å². The van der Waals surface area contributed by atoms with Gasteiger partial charge in [0, 0.05) is 10.8 Å². The van der Waals surface area contributed by atoms with Crippen LogP contribution in [0.5, 0.6) is 0 Å². The summed E-state index contributed by atoms with van der Waals surface area (Å²) in [5.74, 6) is 0.400. The Morgan fingerprint density at radius 2 is 2.00 bits per heavy atom. The quantitative estimate of drug-likeness (QED) is 0.765. The van der Waals surface area contributed by atoms with Crippen LogP contribution in [-0.2, 0) is 4.79 Å². The molecule has 0 fully saturated rings. The van der Waals surface area contributed by atoms with E-state index < -0.39 is 5.41 Å². The zero-order valence-electron chi connectivity index (χ0n) is 10.7. The zero-order valence-corrected chi connectivity index (χ0v) is 10.7. The number of fused-ring (bicyclic) bond motifs is 1. The van der Waals surface area contributed by atoms with E-state index in [9.17, 15) is 4.79 Å². The highest BCUT2D eigenvalue weighted by Gasteiger charge is 2.22. The molecule has 0 bridgehead atoms. The predicted molar refractivity (Wildman–Crippen MR) is 73.0 cm³/mol. The number of benzene rings is 1. The van der Waals surface area contributed by atoms with Crippen LogP contribution in [0, 0.1) is 5.41 Å². The lowest BCUT2D eigenvalue weighted by Crippen LogP contribution is -2.28. The highest BCUT2D eigenvalue weighted by atomic mass is 16.2. The molecule has 0 saturated heterocycles. The van der Waals surface area contributed by atoms with Gasteiger partial charge in [-0.15, -0.1) is 0 Å². The van der Waals surface area contributed by atoms with Crippen molar-refractivity contribution >= 4 is 35.9 Å². The van der Waals surface area contributed by atoms with Crippen molar-refractivity contribution in [3.63, 3.8) is 0 Å². The monoisotopic (exact) mass is 239 g/mol. The van der Waals surface area contributed by atoms with Crippen molar-refractivity contribution in [1.82, 2.24) is 9.97 Å². The van der Waals surface area contributed by atoms with Crippen LogP contribution in [0.25, 0.3) is 10.9 Å². The fourth-order valence-electron chi connectivity index (χ4n) is 1.47. The topological polar surface area (TPSA) is 54.9 Å². The summed E-state index contributed by atoms with van der Waals surface area (Å²) in [7, 11) is 5.74. The minimum atomic E-state index is -0.475. The smallest absolute Gasteiger partial charge is 0.230 e. The van der Waals surface area contributed by atoms with Crippen molar-refractivity contribution < 1.29 is 4.79 Å². The van der Waals surface area contributed by atoms with Crippen molar-refractivity contribution in [3.8, 4) is 0 Å². The number of anilines is 1. The summed E-state index contributed by atoms with van der Waals surface area (Å²) in [6.45, 7) is 5.54. The number of carbonyl (C=O) groups excluding carboxylic acids is 1. The molecule has 18 heavy (non-hydrogen) atoms. The van der Waals surface area contributed by atoms with Crippen molar-refractivity contribution in [1.29, 1.82) is 0 Å². The molecular formula is C13H14BN3O. The van der Waals surface area contributed by atoms with Gasteiger partial charge in [-0.1, -0.05) is 38.4 Å². The van der Waals surface area contributed by atoms with E-state index in [2.05, 4.69) is 15.3 Å². The normalized spacial score (nSPS) is 11.5. The SMILES string of the molecule is [B]c1ccc2ncnc(NC(=O)C(C)(C)C)c2c1. The van der Waals surface area contributed by atoms with Crippen LogP contribution in [0.4, 0.5) is 5.82 Å². The molecular weight excluding hydrogens is 225 g/mol. The Kier molecular flexibility index (Phi) is 3.07. The third kappa shape index (κ3) is 2.50. The van der Waals surface area contributed by atoms with E-state index in [1.54, 1.807) is 18.2 Å². The Morgan fingerprint density at radius 3 is 2.67 bits per heavy atom. The second-order valence-corrected chi connectivity index (χ2v) is 5.20. The predicted octanol–water partition coefficient (Wildman–Crippen LogP) is 1.41. The summed E-state index contributed by atoms with van der Waals surface area (Å²) < 4.78 is 0. The second-order valence-electron chi connectivity index (χ2n) is 5.20. The third-order valence-corrected chi connectivity index (χ3v) is 2.57. The molecule has 1 heterocycles. The summed E-state index contributed by atoms with van der Waals surface area (Å²) in [4.78, 5) is 20.2. The first kappa shape index (κ1) is 12.5. The highest BCUT2D eigenvalue weighted by Crippen LogP contribution is 2.21. The van der Waals surface area contributed by atoms with Crippen LogP contribution in [0.2, 0.25) is 0 Å². The van der Waals surface area contributed by atoms with E-state index in [1.165, 1.54) is 6.33 Å². The van der Waals surface area contributed by atoms with Crippen LogP contribution in [0.15, 0.2) is 24.5 Å². The lowest BCUT2D eigenvalue weighted by molar-refractivity contribution is -0.123. The molecule has 90 valence electrons. The second kappa shape index (κ2) is 4.40. The summed E-state index contributed by atoms with van der Waals surface area (Å²) in [5.41, 5.74) is 0.893. The highest BCUT2D eigenvalue weighted by molar-refractivity contribution is 6.33. The van der Waals surface area contributed by atoms with E-state index in [1.807, 2.05) is 20.8 Å². The summed E-state index contributed by atoms with van der Waals surface area (Å²) in [5, 5.41) is 3.55. The number of nitrogens with one attached hydrogen (secondary N) is 1. The first-order valence-electron chi connectivity index (χ1n) is 5.69. The molecule has 2 radical (unpaired) electrons. The van der Waals surface area contributed by atoms with Crippen LogP contribution >= 0.6 is 0 Å². The minimum absolute atomic E-state index is 0.0927. The first-order chi connectivity index (χ1) is 8.38. The fraction of sp³-hybridized carbons (Fsp3) is 0.308. The van der Waals surface area contributed by atoms with Gasteiger partial charge in [-0.25, -0.2) is 9.97 Å². The lowest BCUT2D eigenvalue weighted by Gasteiger charge is -2.17. The zero-order chi connectivity index (χ0) is 13.3. The molecule has 2 aromatic rings. The lowest BCUT2D eigenvalue weighted by atomic mass is 9.94. The number of hydrogen-bond donors (Lipinski definition) is 1. The Hall–Kier alpha value is -1.91. The van der Waals surface area contributed by atoms with Gasteiger partial charge < -0.3 is 5.32 Å². The van der Waals surface area contributed by atoms with E-state index in [4.69, 9.17) is 7.85 Å². The van der Waals surface area contributed by atoms with Crippen molar-refractivity contribution in [2.45, 2.75) is 20.8 Å². The van der Waals surface area contributed by atoms with Gasteiger partial charge >= 0.3 is 0 Å². The van der Waals surface area contributed by atoms with Crippen LogP contribution in [0.1, 0.15) is 20.8 Å². The Morgan fingerprint density at radius 1 is 1.28 bits per heavy atom. The summed E-state index contributed by atoms with van der Waals surface area (Å²) in [6.07, 6.45) is 1.43. The summed E-state index contributed by atoms with van der Waals surface area (Å²) >= 11 is 0. The van der Waals surface area contributed by atoms with E-state index in [0.29, 0.717) is 11.3 Å². The Balaban J connectivity index is 2.45. The van der Waals surface area contributed by atoms with E-state index >= 15 is 0 Å². The van der Waals surface area contributed by atoms with Gasteiger partial charge in [0.2, 0.25) is 5.91 Å².